The quantitative estimate of drug-likeness (QED) is 0.708. The van der Waals surface area contributed by atoms with Crippen LogP contribution >= 0.6 is 0 Å². The van der Waals surface area contributed by atoms with Crippen molar-refractivity contribution in [3.63, 3.8) is 0 Å². The zero-order valence-corrected chi connectivity index (χ0v) is 16.7. The number of carbonyl (C=O) groups excluding carboxylic acids is 1. The predicted molar refractivity (Wildman–Crippen MR) is 103 cm³/mol. The lowest BCUT2D eigenvalue weighted by molar-refractivity contribution is -0.143. The van der Waals surface area contributed by atoms with E-state index in [9.17, 15) is 14.7 Å². The summed E-state index contributed by atoms with van der Waals surface area (Å²) in [4.78, 5) is 22.7. The summed E-state index contributed by atoms with van der Waals surface area (Å²) < 4.78 is 4.81. The van der Waals surface area contributed by atoms with Gasteiger partial charge in [0.1, 0.15) is 0 Å². The number of fused-ring (bicyclic) bond motifs is 7. The lowest BCUT2D eigenvalue weighted by Crippen LogP contribution is -2.54. The molecule has 4 saturated carbocycles. The zero-order chi connectivity index (χ0) is 19.7. The van der Waals surface area contributed by atoms with Crippen molar-refractivity contribution in [1.29, 1.82) is 0 Å². The van der Waals surface area contributed by atoms with Crippen molar-refractivity contribution < 1.29 is 24.5 Å². The highest BCUT2D eigenvalue weighted by atomic mass is 16.7. The summed E-state index contributed by atoms with van der Waals surface area (Å²) in [6, 6.07) is 0. The predicted octanol–water partition coefficient (Wildman–Crippen LogP) is 4.19. The summed E-state index contributed by atoms with van der Waals surface area (Å²) in [5.74, 6) is 3.56. The maximum absolute atomic E-state index is 11.9. The van der Waals surface area contributed by atoms with Gasteiger partial charge in [0.15, 0.2) is 5.78 Å². The molecule has 0 spiro atoms. The highest BCUT2D eigenvalue weighted by molar-refractivity contribution is 5.91. The van der Waals surface area contributed by atoms with E-state index in [-0.39, 0.29) is 12.0 Å². The van der Waals surface area contributed by atoms with Crippen LogP contribution < -0.4 is 0 Å². The second kappa shape index (κ2) is 6.32. The molecule has 28 heavy (non-hydrogen) atoms. The first-order valence-corrected chi connectivity index (χ1v) is 11.2. The Kier molecular flexibility index (Phi) is 4.21. The number of hydrogen-bond donors (Lipinski definition) is 2. The van der Waals surface area contributed by atoms with Crippen LogP contribution in [0.25, 0.3) is 0 Å². The minimum Gasteiger partial charge on any atom is -0.450 e. The third-order valence-electron chi connectivity index (χ3n) is 9.65. The minimum absolute atomic E-state index is 0.0864. The summed E-state index contributed by atoms with van der Waals surface area (Å²) in [5, 5.41) is 20.7. The van der Waals surface area contributed by atoms with Gasteiger partial charge in [0.05, 0.1) is 12.2 Å². The fourth-order valence-electron chi connectivity index (χ4n) is 8.46. The molecule has 154 valence electrons. The SMILES string of the molecule is C[C@]12CC[C@H]3[C@@H](CCC4=CC(=O)CC[C@@H]43)[C@@H]1[C@H]1CC[C@H]1[C@@]2(O)CCOC(=O)O. The number of hydrogen-bond acceptors (Lipinski definition) is 4. The number of rotatable bonds is 3. The van der Waals surface area contributed by atoms with Gasteiger partial charge in [-0.15, -0.1) is 0 Å². The Morgan fingerprint density at radius 3 is 2.68 bits per heavy atom. The first kappa shape index (κ1) is 18.7. The fourth-order valence-corrected chi connectivity index (χ4v) is 8.46. The van der Waals surface area contributed by atoms with Crippen LogP contribution in [0.1, 0.15) is 64.7 Å². The van der Waals surface area contributed by atoms with Gasteiger partial charge in [0, 0.05) is 18.3 Å². The highest BCUT2D eigenvalue weighted by Crippen LogP contribution is 2.73. The Labute approximate surface area is 166 Å². The van der Waals surface area contributed by atoms with E-state index in [1.165, 1.54) is 12.0 Å². The van der Waals surface area contributed by atoms with Crippen LogP contribution in [0.5, 0.6) is 0 Å². The standard InChI is InChI=1S/C23H32O5/c1-22-9-8-16-15-5-3-14(24)12-13(15)2-4-17(16)20(22)18-6-7-19(18)23(22,27)10-11-28-21(25)26/h12,15-20,27H,2-11H2,1H3,(H,25,26)/t15-,16+,17+,18-,19+,20+,22-,23-/m0/s1. The average Bonchev–Trinajstić information content (AvgIpc) is 2.74. The molecule has 2 N–H and O–H groups in total. The molecule has 0 heterocycles. The van der Waals surface area contributed by atoms with E-state index in [2.05, 4.69) is 6.92 Å². The van der Waals surface area contributed by atoms with Crippen molar-refractivity contribution in [2.24, 2.45) is 40.9 Å². The Morgan fingerprint density at radius 1 is 1.14 bits per heavy atom. The summed E-state index contributed by atoms with van der Waals surface area (Å²) >= 11 is 0. The largest absolute Gasteiger partial charge is 0.505 e. The van der Waals surface area contributed by atoms with Crippen LogP contribution in [-0.2, 0) is 9.53 Å². The third kappa shape index (κ3) is 2.41. The molecule has 0 aromatic rings. The molecule has 5 aliphatic carbocycles. The van der Waals surface area contributed by atoms with Crippen LogP contribution in [-0.4, -0.2) is 34.4 Å². The van der Waals surface area contributed by atoms with Gasteiger partial charge in [-0.1, -0.05) is 12.5 Å². The number of allylic oxidation sites excluding steroid dienone is 1. The number of aliphatic hydroxyl groups is 1. The van der Waals surface area contributed by atoms with E-state index < -0.39 is 11.8 Å². The van der Waals surface area contributed by atoms with Crippen LogP contribution in [0.15, 0.2) is 11.6 Å². The van der Waals surface area contributed by atoms with E-state index in [0.29, 0.717) is 54.1 Å². The first-order chi connectivity index (χ1) is 13.3. The molecule has 0 unspecified atom stereocenters. The zero-order valence-electron chi connectivity index (χ0n) is 16.7. The average molecular weight is 389 g/mol. The molecular formula is C23H32O5. The van der Waals surface area contributed by atoms with E-state index in [4.69, 9.17) is 9.84 Å². The molecule has 0 bridgehead atoms. The Morgan fingerprint density at radius 2 is 1.96 bits per heavy atom. The van der Waals surface area contributed by atoms with Gasteiger partial charge in [-0.3, -0.25) is 4.79 Å². The van der Waals surface area contributed by atoms with Crippen LogP contribution in [0.2, 0.25) is 0 Å². The van der Waals surface area contributed by atoms with Gasteiger partial charge < -0.3 is 14.9 Å². The lowest BCUT2D eigenvalue weighted by atomic mass is 9.49. The van der Waals surface area contributed by atoms with E-state index in [1.807, 2.05) is 6.08 Å². The maximum atomic E-state index is 11.9. The highest BCUT2D eigenvalue weighted by Gasteiger charge is 2.71. The topological polar surface area (TPSA) is 83.8 Å². The van der Waals surface area contributed by atoms with Crippen molar-refractivity contribution in [1.82, 2.24) is 0 Å². The van der Waals surface area contributed by atoms with Gasteiger partial charge in [-0.2, -0.15) is 0 Å². The maximum Gasteiger partial charge on any atom is 0.505 e. The molecule has 8 atom stereocenters. The molecule has 5 aliphatic rings. The van der Waals surface area contributed by atoms with Crippen LogP contribution in [0.4, 0.5) is 4.79 Å². The molecule has 0 aromatic heterocycles. The summed E-state index contributed by atoms with van der Waals surface area (Å²) in [6.07, 6.45) is 9.39. The molecule has 5 rings (SSSR count). The number of ketones is 1. The second-order valence-electron chi connectivity index (χ2n) is 10.3. The number of ether oxygens (including phenoxy) is 1. The second-order valence-corrected chi connectivity index (χ2v) is 10.3. The fraction of sp³-hybridized carbons (Fsp3) is 0.826. The Balaban J connectivity index is 1.43. The van der Waals surface area contributed by atoms with E-state index >= 15 is 0 Å². The van der Waals surface area contributed by atoms with Crippen molar-refractivity contribution in [2.45, 2.75) is 70.3 Å². The lowest BCUT2D eigenvalue weighted by Gasteiger charge is -2.56. The molecule has 5 heteroatoms. The van der Waals surface area contributed by atoms with Crippen molar-refractivity contribution in [3.05, 3.63) is 11.6 Å². The molecule has 0 saturated heterocycles. The van der Waals surface area contributed by atoms with Crippen molar-refractivity contribution in [3.8, 4) is 0 Å². The molecule has 0 radical (unpaired) electrons. The Bertz CT molecular complexity index is 729. The molecule has 0 amide bonds. The summed E-state index contributed by atoms with van der Waals surface area (Å²) in [6.45, 7) is 2.37. The van der Waals surface area contributed by atoms with E-state index in [0.717, 1.165) is 38.5 Å². The molecule has 0 aromatic carbocycles. The monoisotopic (exact) mass is 388 g/mol. The molecule has 4 fully saturated rings. The molecular weight excluding hydrogens is 356 g/mol. The van der Waals surface area contributed by atoms with Gasteiger partial charge in [-0.05, 0) is 86.5 Å². The van der Waals surface area contributed by atoms with Gasteiger partial charge in [0.2, 0.25) is 0 Å². The molecule has 5 nitrogen and oxygen atoms in total. The van der Waals surface area contributed by atoms with Gasteiger partial charge in [-0.25, -0.2) is 4.79 Å². The third-order valence-corrected chi connectivity index (χ3v) is 9.65. The summed E-state index contributed by atoms with van der Waals surface area (Å²) in [7, 11) is 0. The number of carbonyl (C=O) groups is 2. The number of carboxylic acid groups (broad SMARTS) is 1. The van der Waals surface area contributed by atoms with Gasteiger partial charge in [0.25, 0.3) is 0 Å². The van der Waals surface area contributed by atoms with Crippen molar-refractivity contribution >= 4 is 11.9 Å². The molecule has 0 aliphatic heterocycles. The minimum atomic E-state index is -1.25. The smallest absolute Gasteiger partial charge is 0.450 e. The Hall–Kier alpha value is -1.36. The van der Waals surface area contributed by atoms with Gasteiger partial charge >= 0.3 is 6.16 Å². The van der Waals surface area contributed by atoms with Crippen LogP contribution in [0.3, 0.4) is 0 Å². The van der Waals surface area contributed by atoms with Crippen molar-refractivity contribution in [2.75, 3.05) is 6.61 Å². The van der Waals surface area contributed by atoms with E-state index in [1.54, 1.807) is 0 Å². The van der Waals surface area contributed by atoms with Crippen LogP contribution in [0, 0.1) is 40.9 Å². The summed E-state index contributed by atoms with van der Waals surface area (Å²) in [5.41, 5.74) is 0.446. The normalized spacial score (nSPS) is 49.1. The first-order valence-electron chi connectivity index (χ1n) is 11.2.